The third-order valence-electron chi connectivity index (χ3n) is 7.80. The normalized spacial score (nSPS) is 22.3. The number of nitrogens with one attached hydrogen (secondary N) is 3. The number of hydrogen-bond acceptors (Lipinski definition) is 4. The summed E-state index contributed by atoms with van der Waals surface area (Å²) in [5.41, 5.74) is 3.23. The number of urea groups is 1. The van der Waals surface area contributed by atoms with E-state index in [2.05, 4.69) is 45.2 Å². The average molecular weight is 532 g/mol. The van der Waals surface area contributed by atoms with Crippen LogP contribution in [0.2, 0.25) is 0 Å². The van der Waals surface area contributed by atoms with Crippen LogP contribution in [0.25, 0.3) is 0 Å². The maximum atomic E-state index is 13.8. The molecule has 2 aromatic rings. The number of carbonyl (C=O) groups excluding carboxylic acids is 2. The minimum atomic E-state index is -0.275. The van der Waals surface area contributed by atoms with Crippen molar-refractivity contribution in [1.29, 1.82) is 0 Å². The molecule has 2 aromatic carbocycles. The first-order chi connectivity index (χ1) is 19.0. The van der Waals surface area contributed by atoms with Crippen molar-refractivity contribution >= 4 is 23.3 Å². The van der Waals surface area contributed by atoms with E-state index >= 15 is 0 Å². The molecule has 39 heavy (non-hydrogen) atoms. The fourth-order valence-electron chi connectivity index (χ4n) is 5.59. The van der Waals surface area contributed by atoms with Gasteiger partial charge in [0.05, 0.1) is 11.4 Å². The predicted molar refractivity (Wildman–Crippen MR) is 153 cm³/mol. The van der Waals surface area contributed by atoms with E-state index < -0.39 is 0 Å². The Morgan fingerprint density at radius 3 is 2.74 bits per heavy atom. The van der Waals surface area contributed by atoms with Gasteiger partial charge in [-0.3, -0.25) is 4.79 Å². The molecule has 1 saturated heterocycles. The van der Waals surface area contributed by atoms with Crippen LogP contribution in [0.3, 0.4) is 0 Å². The summed E-state index contributed by atoms with van der Waals surface area (Å²) in [5.74, 6) is 0.637. The maximum Gasteiger partial charge on any atom is 0.317 e. The molecular weight excluding hydrogens is 493 g/mol. The molecule has 2 fully saturated rings. The molecule has 3 aliphatic rings. The molecule has 0 spiro atoms. The van der Waals surface area contributed by atoms with Crippen molar-refractivity contribution < 1.29 is 14.0 Å². The van der Waals surface area contributed by atoms with Crippen molar-refractivity contribution in [1.82, 2.24) is 15.5 Å². The Bertz CT molecular complexity index is 1250. The summed E-state index contributed by atoms with van der Waals surface area (Å²) < 4.78 is 13.8. The van der Waals surface area contributed by atoms with Crippen molar-refractivity contribution in [3.8, 4) is 0 Å². The van der Waals surface area contributed by atoms with E-state index in [9.17, 15) is 14.0 Å². The van der Waals surface area contributed by atoms with E-state index in [1.807, 2.05) is 36.1 Å². The number of hydrogen-bond donors (Lipinski definition) is 3. The maximum absolute atomic E-state index is 13.8. The second-order valence-corrected chi connectivity index (χ2v) is 10.6. The molecular formula is C31H38FN5O2. The summed E-state index contributed by atoms with van der Waals surface area (Å²) in [6, 6.07) is 12.5. The van der Waals surface area contributed by atoms with Gasteiger partial charge in [0.25, 0.3) is 5.91 Å². The van der Waals surface area contributed by atoms with Crippen molar-refractivity contribution in [2.45, 2.75) is 38.8 Å². The van der Waals surface area contributed by atoms with Crippen molar-refractivity contribution in [2.24, 2.45) is 11.8 Å². The van der Waals surface area contributed by atoms with Gasteiger partial charge in [-0.05, 0) is 73.9 Å². The van der Waals surface area contributed by atoms with Gasteiger partial charge in [-0.25, -0.2) is 9.18 Å². The second-order valence-electron chi connectivity index (χ2n) is 10.6. The molecule has 7 nitrogen and oxygen atoms in total. The lowest BCUT2D eigenvalue weighted by atomic mass is 9.95. The molecule has 0 radical (unpaired) electrons. The van der Waals surface area contributed by atoms with E-state index in [1.54, 1.807) is 6.07 Å². The Morgan fingerprint density at radius 1 is 1.05 bits per heavy atom. The lowest BCUT2D eigenvalue weighted by Crippen LogP contribution is -2.42. The Balaban J connectivity index is 1.31. The molecule has 2 aliphatic carbocycles. The number of benzene rings is 2. The molecule has 0 aromatic heterocycles. The van der Waals surface area contributed by atoms with Gasteiger partial charge in [-0.15, -0.1) is 0 Å². The van der Waals surface area contributed by atoms with Crippen LogP contribution in [-0.4, -0.2) is 55.6 Å². The topological polar surface area (TPSA) is 76.7 Å². The van der Waals surface area contributed by atoms with Crippen LogP contribution < -0.4 is 20.9 Å². The summed E-state index contributed by atoms with van der Waals surface area (Å²) in [5, 5.41) is 9.57. The Hall–Kier alpha value is -3.81. The minimum absolute atomic E-state index is 0.0334. The van der Waals surface area contributed by atoms with E-state index in [4.69, 9.17) is 0 Å². The zero-order chi connectivity index (χ0) is 27.2. The monoisotopic (exact) mass is 531 g/mol. The first kappa shape index (κ1) is 26.8. The Kier molecular flexibility index (Phi) is 8.49. The molecule has 8 heteroatoms. The van der Waals surface area contributed by atoms with Crippen molar-refractivity contribution in [3.05, 3.63) is 83.7 Å². The third-order valence-corrected chi connectivity index (χ3v) is 7.80. The van der Waals surface area contributed by atoms with E-state index in [0.29, 0.717) is 50.1 Å². The molecule has 1 heterocycles. The van der Waals surface area contributed by atoms with E-state index in [1.165, 1.54) is 12.1 Å². The van der Waals surface area contributed by atoms with Crippen LogP contribution in [-0.2, 0) is 6.54 Å². The summed E-state index contributed by atoms with van der Waals surface area (Å²) in [6.45, 7) is 5.75. The van der Waals surface area contributed by atoms with Gasteiger partial charge in [0.1, 0.15) is 5.82 Å². The molecule has 3 amide bonds. The van der Waals surface area contributed by atoms with Gasteiger partial charge in [-0.1, -0.05) is 36.4 Å². The lowest BCUT2D eigenvalue weighted by molar-refractivity contribution is 0.0948. The fourth-order valence-corrected chi connectivity index (χ4v) is 5.59. The zero-order valence-electron chi connectivity index (χ0n) is 22.5. The molecule has 0 bridgehead atoms. The summed E-state index contributed by atoms with van der Waals surface area (Å²) in [7, 11) is 0. The number of anilines is 2. The molecule has 5 rings (SSSR count). The highest BCUT2D eigenvalue weighted by Crippen LogP contribution is 2.41. The van der Waals surface area contributed by atoms with Crippen LogP contribution in [0.15, 0.2) is 66.8 Å². The number of nitrogens with zero attached hydrogens (tertiary/aromatic N) is 2. The molecule has 1 saturated carbocycles. The van der Waals surface area contributed by atoms with Gasteiger partial charge >= 0.3 is 6.03 Å². The van der Waals surface area contributed by atoms with Crippen LogP contribution >= 0.6 is 0 Å². The molecule has 3 atom stereocenters. The quantitative estimate of drug-likeness (QED) is 0.452. The van der Waals surface area contributed by atoms with Gasteiger partial charge in [0, 0.05) is 50.9 Å². The van der Waals surface area contributed by atoms with E-state index in [-0.39, 0.29) is 23.8 Å². The zero-order valence-corrected chi connectivity index (χ0v) is 22.5. The first-order valence-corrected chi connectivity index (χ1v) is 14.1. The first-order valence-electron chi connectivity index (χ1n) is 14.1. The van der Waals surface area contributed by atoms with E-state index in [0.717, 1.165) is 42.7 Å². The number of carbonyl (C=O) groups is 2. The third kappa shape index (κ3) is 6.80. The molecule has 1 aliphatic heterocycles. The highest BCUT2D eigenvalue weighted by Gasteiger charge is 2.42. The Morgan fingerprint density at radius 2 is 1.95 bits per heavy atom. The van der Waals surface area contributed by atoms with Crippen LogP contribution in [0.1, 0.15) is 42.1 Å². The van der Waals surface area contributed by atoms with Gasteiger partial charge in [0.15, 0.2) is 0 Å². The SMILES string of the molecule is CCNC(=O)N1CCCN(c2ccc(C(=O)N[C@H]3C[C@@H]3C3C=CC=CC3)cc2NCc2cccc(F)c2)CC1. The standard InChI is InChI=1S/C31H38FN5O2/c1-2-33-31(39)37-15-7-14-36(16-17-37)29-13-12-24(19-28(29)34-21-22-8-6-11-25(32)18-22)30(38)35-27-20-26(27)23-9-4-3-5-10-23/h3-6,8-9,11-13,18-19,23,26-27,34H,2,7,10,14-17,20-21H2,1H3,(H,33,39)(H,35,38)/t23?,26-,27+/m1/s1. The number of allylic oxidation sites excluding steroid dienone is 4. The van der Waals surface area contributed by atoms with Crippen molar-refractivity contribution in [3.63, 3.8) is 0 Å². The van der Waals surface area contributed by atoms with Gasteiger partial charge in [-0.2, -0.15) is 0 Å². The largest absolute Gasteiger partial charge is 0.379 e. The van der Waals surface area contributed by atoms with Crippen LogP contribution in [0, 0.1) is 17.7 Å². The molecule has 3 N–H and O–H groups in total. The summed E-state index contributed by atoms with van der Waals surface area (Å²) in [4.78, 5) is 29.7. The van der Waals surface area contributed by atoms with Crippen LogP contribution in [0.4, 0.5) is 20.6 Å². The summed E-state index contributed by atoms with van der Waals surface area (Å²) >= 11 is 0. The number of halogens is 1. The van der Waals surface area contributed by atoms with Crippen LogP contribution in [0.5, 0.6) is 0 Å². The number of rotatable bonds is 8. The second kappa shape index (κ2) is 12.4. The molecule has 1 unspecified atom stereocenters. The molecule has 206 valence electrons. The fraction of sp³-hybridized carbons (Fsp3) is 0.419. The van der Waals surface area contributed by atoms with Crippen molar-refractivity contribution in [2.75, 3.05) is 42.9 Å². The highest BCUT2D eigenvalue weighted by molar-refractivity contribution is 5.96. The minimum Gasteiger partial charge on any atom is -0.379 e. The Labute approximate surface area is 230 Å². The highest BCUT2D eigenvalue weighted by atomic mass is 19.1. The van der Waals surface area contributed by atoms with Gasteiger partial charge in [0.2, 0.25) is 0 Å². The predicted octanol–water partition coefficient (Wildman–Crippen LogP) is 4.93. The summed E-state index contributed by atoms with van der Waals surface area (Å²) in [6.07, 6.45) is 11.5. The smallest absolute Gasteiger partial charge is 0.317 e. The average Bonchev–Trinajstić information content (AvgIpc) is 3.75. The lowest BCUT2D eigenvalue weighted by Gasteiger charge is -2.27. The number of amides is 3. The van der Waals surface area contributed by atoms with Gasteiger partial charge < -0.3 is 25.8 Å².